The number of benzene rings is 1. The number of aliphatic imine (C=N–C) groups is 1. The molecule has 1 aromatic carbocycles. The van der Waals surface area contributed by atoms with E-state index < -0.39 is 47.9 Å². The summed E-state index contributed by atoms with van der Waals surface area (Å²) in [4.78, 5) is 53.9. The lowest BCUT2D eigenvalue weighted by atomic mass is 10.0. The van der Waals surface area contributed by atoms with Crippen molar-refractivity contribution >= 4 is 29.7 Å². The lowest BCUT2D eigenvalue weighted by Gasteiger charge is -2.25. The Balaban J connectivity index is 3.10. The second kappa shape index (κ2) is 15.3. The van der Waals surface area contributed by atoms with Crippen LogP contribution in [0.5, 0.6) is 5.75 Å². The summed E-state index contributed by atoms with van der Waals surface area (Å²) < 4.78 is 0. The molecule has 0 saturated carbocycles. The van der Waals surface area contributed by atoms with Gasteiger partial charge in [0.1, 0.15) is 23.9 Å². The zero-order chi connectivity index (χ0) is 28.1. The van der Waals surface area contributed by atoms with Gasteiger partial charge in [0.05, 0.1) is 6.04 Å². The fourth-order valence-electron chi connectivity index (χ4n) is 3.39. The van der Waals surface area contributed by atoms with E-state index in [9.17, 15) is 24.3 Å². The molecule has 0 aromatic heterocycles. The number of carbonyl (C=O) groups is 4. The van der Waals surface area contributed by atoms with Crippen molar-refractivity contribution < 1.29 is 29.4 Å². The largest absolute Gasteiger partial charge is 0.508 e. The minimum Gasteiger partial charge on any atom is -0.508 e. The third-order valence-electron chi connectivity index (χ3n) is 5.38. The zero-order valence-corrected chi connectivity index (χ0v) is 21.4. The number of aliphatic carboxylic acids is 1. The number of nitrogens with two attached hydrogens (primary N) is 3. The van der Waals surface area contributed by atoms with Gasteiger partial charge in [0.25, 0.3) is 0 Å². The first-order valence-corrected chi connectivity index (χ1v) is 12.0. The number of hydrogen-bond donors (Lipinski definition) is 8. The summed E-state index contributed by atoms with van der Waals surface area (Å²) in [5.74, 6) is -3.07. The van der Waals surface area contributed by atoms with Crippen molar-refractivity contribution in [3.63, 3.8) is 0 Å². The van der Waals surface area contributed by atoms with Crippen molar-refractivity contribution in [2.45, 2.75) is 70.6 Å². The molecule has 0 radical (unpaired) electrons. The van der Waals surface area contributed by atoms with Crippen LogP contribution >= 0.6 is 0 Å². The standard InChI is InChI=1S/C24H39N7O6/c1-13(2)11-17(25)20(33)30-18(5-4-10-28-24(26)27)21(34)31-19(22(35)29-14(3)23(36)37)12-15-6-8-16(32)9-7-15/h6-9,13-14,17-19,32H,4-5,10-12,25H2,1-3H3,(H,29,35)(H,30,33)(H,31,34)(H,36,37)(H4,26,27,28). The van der Waals surface area contributed by atoms with Crippen molar-refractivity contribution in [1.82, 2.24) is 16.0 Å². The summed E-state index contributed by atoms with van der Waals surface area (Å²) in [6.07, 6.45) is 0.918. The van der Waals surface area contributed by atoms with Crippen LogP contribution < -0.4 is 33.2 Å². The van der Waals surface area contributed by atoms with E-state index >= 15 is 0 Å². The topological polar surface area (TPSA) is 235 Å². The molecule has 0 heterocycles. The van der Waals surface area contributed by atoms with E-state index in [4.69, 9.17) is 22.3 Å². The van der Waals surface area contributed by atoms with Crippen molar-refractivity contribution in [3.05, 3.63) is 29.8 Å². The Morgan fingerprint density at radius 2 is 1.49 bits per heavy atom. The number of phenols is 1. The molecule has 11 N–H and O–H groups in total. The maximum atomic E-state index is 13.2. The number of carboxylic acid groups (broad SMARTS) is 1. The Hall–Kier alpha value is -3.87. The molecule has 13 nitrogen and oxygen atoms in total. The summed E-state index contributed by atoms with van der Waals surface area (Å²) in [5, 5.41) is 26.3. The molecule has 4 unspecified atom stereocenters. The number of phenolic OH excluding ortho intramolecular Hbond substituents is 1. The molecule has 0 spiro atoms. The van der Waals surface area contributed by atoms with Crippen LogP contribution in [0.1, 0.15) is 45.6 Å². The highest BCUT2D eigenvalue weighted by Gasteiger charge is 2.29. The van der Waals surface area contributed by atoms with Crippen molar-refractivity contribution in [3.8, 4) is 5.75 Å². The Morgan fingerprint density at radius 3 is 2.03 bits per heavy atom. The molecular formula is C24H39N7O6. The predicted molar refractivity (Wildman–Crippen MR) is 138 cm³/mol. The molecule has 0 fully saturated rings. The normalized spacial score (nSPS) is 14.1. The first kappa shape index (κ1) is 31.2. The summed E-state index contributed by atoms with van der Waals surface area (Å²) in [6, 6.07) is 1.75. The molecule has 1 rings (SSSR count). The molecule has 0 aliphatic carbocycles. The van der Waals surface area contributed by atoms with Crippen molar-refractivity contribution in [2.24, 2.45) is 28.1 Å². The van der Waals surface area contributed by atoms with E-state index in [-0.39, 0.29) is 37.0 Å². The van der Waals surface area contributed by atoms with Gasteiger partial charge in [-0.25, -0.2) is 0 Å². The van der Waals surface area contributed by atoms with Crippen LogP contribution in [0.2, 0.25) is 0 Å². The van der Waals surface area contributed by atoms with E-state index in [1.165, 1.54) is 19.1 Å². The predicted octanol–water partition coefficient (Wildman–Crippen LogP) is -1.08. The van der Waals surface area contributed by atoms with Crippen LogP contribution in [0.3, 0.4) is 0 Å². The Kier molecular flexibility index (Phi) is 12.9. The van der Waals surface area contributed by atoms with Gasteiger partial charge in [-0.3, -0.25) is 24.2 Å². The zero-order valence-electron chi connectivity index (χ0n) is 21.4. The number of carbonyl (C=O) groups excluding carboxylic acids is 3. The average Bonchev–Trinajstić information content (AvgIpc) is 2.80. The molecule has 4 atom stereocenters. The SMILES string of the molecule is CC(C)CC(N)C(=O)NC(CCCN=C(N)N)C(=O)NC(Cc1ccc(O)cc1)C(=O)NC(C)C(=O)O. The highest BCUT2D eigenvalue weighted by Crippen LogP contribution is 2.12. The first-order valence-electron chi connectivity index (χ1n) is 12.0. The lowest BCUT2D eigenvalue weighted by molar-refractivity contribution is -0.141. The third kappa shape index (κ3) is 12.1. The Morgan fingerprint density at radius 1 is 0.919 bits per heavy atom. The third-order valence-corrected chi connectivity index (χ3v) is 5.38. The van der Waals surface area contributed by atoms with Gasteiger partial charge in [-0.15, -0.1) is 0 Å². The van der Waals surface area contributed by atoms with E-state index in [0.29, 0.717) is 18.4 Å². The number of guanidine groups is 1. The number of rotatable bonds is 15. The van der Waals surface area contributed by atoms with Gasteiger partial charge in [-0.1, -0.05) is 26.0 Å². The molecule has 37 heavy (non-hydrogen) atoms. The summed E-state index contributed by atoms with van der Waals surface area (Å²) >= 11 is 0. The Labute approximate surface area is 216 Å². The fourth-order valence-corrected chi connectivity index (χ4v) is 3.39. The van der Waals surface area contributed by atoms with Gasteiger partial charge < -0.3 is 43.4 Å². The number of amides is 3. The van der Waals surface area contributed by atoms with Crippen LogP contribution in [0.15, 0.2) is 29.3 Å². The van der Waals surface area contributed by atoms with Crippen molar-refractivity contribution in [1.29, 1.82) is 0 Å². The number of nitrogens with one attached hydrogen (secondary N) is 3. The molecule has 0 bridgehead atoms. The van der Waals surface area contributed by atoms with Gasteiger partial charge >= 0.3 is 5.97 Å². The minimum absolute atomic E-state index is 0.00568. The van der Waals surface area contributed by atoms with E-state index in [1.54, 1.807) is 12.1 Å². The molecule has 0 saturated heterocycles. The van der Waals surface area contributed by atoms with Gasteiger partial charge in [0, 0.05) is 13.0 Å². The number of hydrogen-bond acceptors (Lipinski definition) is 7. The van der Waals surface area contributed by atoms with Crippen LogP contribution in [-0.4, -0.2) is 70.6 Å². The monoisotopic (exact) mass is 521 g/mol. The number of nitrogens with zero attached hydrogens (tertiary/aromatic N) is 1. The first-order chi connectivity index (χ1) is 17.3. The molecule has 1 aromatic rings. The second-order valence-electron chi connectivity index (χ2n) is 9.25. The quantitative estimate of drug-likeness (QED) is 0.0794. The highest BCUT2D eigenvalue weighted by atomic mass is 16.4. The smallest absolute Gasteiger partial charge is 0.325 e. The van der Waals surface area contributed by atoms with Crippen LogP contribution in [0.4, 0.5) is 0 Å². The summed E-state index contributed by atoms with van der Waals surface area (Å²) in [7, 11) is 0. The molecule has 13 heteroatoms. The molecular weight excluding hydrogens is 482 g/mol. The summed E-state index contributed by atoms with van der Waals surface area (Å²) in [5.41, 5.74) is 17.3. The number of aromatic hydroxyl groups is 1. The molecule has 206 valence electrons. The van der Waals surface area contributed by atoms with E-state index in [0.717, 1.165) is 0 Å². The highest BCUT2D eigenvalue weighted by molar-refractivity contribution is 5.94. The second-order valence-corrected chi connectivity index (χ2v) is 9.25. The van der Waals surface area contributed by atoms with E-state index in [1.807, 2.05) is 13.8 Å². The molecule has 3 amide bonds. The van der Waals surface area contributed by atoms with Gasteiger partial charge in [0.15, 0.2) is 5.96 Å². The van der Waals surface area contributed by atoms with Crippen LogP contribution in [-0.2, 0) is 25.6 Å². The van der Waals surface area contributed by atoms with E-state index in [2.05, 4.69) is 20.9 Å². The van der Waals surface area contributed by atoms with Gasteiger partial charge in [0.2, 0.25) is 17.7 Å². The molecule has 0 aliphatic rings. The molecule has 0 aliphatic heterocycles. The average molecular weight is 522 g/mol. The van der Waals surface area contributed by atoms with Crippen molar-refractivity contribution in [2.75, 3.05) is 6.54 Å². The fraction of sp³-hybridized carbons (Fsp3) is 0.542. The van der Waals surface area contributed by atoms with Crippen LogP contribution in [0.25, 0.3) is 0 Å². The van der Waals surface area contributed by atoms with Gasteiger partial charge in [-0.05, 0) is 49.8 Å². The van der Waals surface area contributed by atoms with Crippen LogP contribution in [0, 0.1) is 5.92 Å². The minimum atomic E-state index is -1.24. The maximum absolute atomic E-state index is 13.2. The summed E-state index contributed by atoms with van der Waals surface area (Å²) in [6.45, 7) is 5.34. The Bertz CT molecular complexity index is 947. The lowest BCUT2D eigenvalue weighted by Crippen LogP contribution is -2.57. The van der Waals surface area contributed by atoms with Gasteiger partial charge in [-0.2, -0.15) is 0 Å². The number of carboxylic acids is 1. The maximum Gasteiger partial charge on any atom is 0.325 e.